The monoisotopic (exact) mass is 362 g/mol. The number of hydrogen-bond acceptors (Lipinski definition) is 4. The van der Waals surface area contributed by atoms with Gasteiger partial charge in [0.1, 0.15) is 11.3 Å². The smallest absolute Gasteiger partial charge is 0.280 e. The van der Waals surface area contributed by atoms with Crippen molar-refractivity contribution in [2.45, 2.75) is 40.3 Å². The summed E-state index contributed by atoms with van der Waals surface area (Å²) in [4.78, 5) is 18.6. The first-order valence-electron chi connectivity index (χ1n) is 8.23. The maximum Gasteiger partial charge on any atom is 0.280 e. The van der Waals surface area contributed by atoms with Crippen molar-refractivity contribution in [3.63, 3.8) is 0 Å². The number of rotatable bonds is 5. The van der Waals surface area contributed by atoms with Gasteiger partial charge in [-0.15, -0.1) is 0 Å². The van der Waals surface area contributed by atoms with Gasteiger partial charge >= 0.3 is 0 Å². The third-order valence-corrected chi connectivity index (χ3v) is 4.21. The third-order valence-electron chi connectivity index (χ3n) is 4.21. The molecule has 0 bridgehead atoms. The second kappa shape index (κ2) is 6.81. The highest BCUT2D eigenvalue weighted by atomic mass is 19.3. The number of fused-ring (bicyclic) bond motifs is 1. The Morgan fingerprint density at radius 3 is 2.69 bits per heavy atom. The molecule has 9 heteroatoms. The maximum atomic E-state index is 13.2. The van der Waals surface area contributed by atoms with Crippen LogP contribution in [0.25, 0.3) is 5.65 Å². The lowest BCUT2D eigenvalue weighted by molar-refractivity contribution is 0.0786. The molecule has 0 radical (unpaired) electrons. The molecular weight excluding hydrogens is 342 g/mol. The number of carbonyl (C=O) groups is 1. The lowest BCUT2D eigenvalue weighted by atomic mass is 10.2. The highest BCUT2D eigenvalue weighted by Gasteiger charge is 2.23. The van der Waals surface area contributed by atoms with Gasteiger partial charge in [-0.25, -0.2) is 18.3 Å². The summed E-state index contributed by atoms with van der Waals surface area (Å²) in [6.07, 6.45) is 0.476. The van der Waals surface area contributed by atoms with Gasteiger partial charge in [-0.3, -0.25) is 9.48 Å². The Kier molecular flexibility index (Phi) is 4.71. The van der Waals surface area contributed by atoms with E-state index in [0.717, 1.165) is 22.3 Å². The van der Waals surface area contributed by atoms with Crippen LogP contribution >= 0.6 is 0 Å². The van der Waals surface area contributed by atoms with E-state index in [-0.39, 0.29) is 22.8 Å². The van der Waals surface area contributed by atoms with Crippen LogP contribution < -0.4 is 0 Å². The lowest BCUT2D eigenvalue weighted by Gasteiger charge is -2.16. The Hall–Kier alpha value is -2.84. The van der Waals surface area contributed by atoms with Crippen molar-refractivity contribution in [1.29, 1.82) is 0 Å². The molecule has 3 aromatic heterocycles. The van der Waals surface area contributed by atoms with Crippen LogP contribution in [-0.2, 0) is 13.1 Å². The number of carbonyl (C=O) groups excluding carboxylic acids is 1. The highest BCUT2D eigenvalue weighted by molar-refractivity contribution is 5.99. The van der Waals surface area contributed by atoms with Crippen LogP contribution in [-0.4, -0.2) is 42.2 Å². The minimum absolute atomic E-state index is 0.137. The van der Waals surface area contributed by atoms with Gasteiger partial charge in [-0.2, -0.15) is 10.2 Å². The number of hydrogen-bond donors (Lipinski definition) is 0. The van der Waals surface area contributed by atoms with Crippen LogP contribution in [0.4, 0.5) is 8.78 Å². The summed E-state index contributed by atoms with van der Waals surface area (Å²) in [7, 11) is 1.65. The highest BCUT2D eigenvalue weighted by Crippen LogP contribution is 2.22. The van der Waals surface area contributed by atoms with Gasteiger partial charge in [-0.1, -0.05) is 0 Å². The van der Waals surface area contributed by atoms with Gasteiger partial charge in [0.05, 0.1) is 11.9 Å². The number of halogens is 2. The van der Waals surface area contributed by atoms with Gasteiger partial charge in [0.15, 0.2) is 5.65 Å². The molecule has 0 aliphatic rings. The standard InChI is InChI=1S/C17H20F2N6O/c1-5-24-9-12(11(3)22-24)8-23(4)17(26)13-7-20-25-14(15(18)19)6-10(2)21-16(13)25/h6-7,9,15H,5,8H2,1-4H3. The Morgan fingerprint density at radius 1 is 1.35 bits per heavy atom. The molecule has 0 N–H and O–H groups in total. The van der Waals surface area contributed by atoms with E-state index in [2.05, 4.69) is 15.2 Å². The van der Waals surface area contributed by atoms with E-state index in [1.807, 2.05) is 20.0 Å². The van der Waals surface area contributed by atoms with Gasteiger partial charge in [0, 0.05) is 37.6 Å². The molecule has 0 aromatic carbocycles. The van der Waals surface area contributed by atoms with Crippen LogP contribution in [0.2, 0.25) is 0 Å². The number of aromatic nitrogens is 5. The van der Waals surface area contributed by atoms with E-state index >= 15 is 0 Å². The molecule has 1 amide bonds. The second-order valence-electron chi connectivity index (χ2n) is 6.17. The molecule has 3 rings (SSSR count). The number of aryl methyl sites for hydroxylation is 3. The second-order valence-corrected chi connectivity index (χ2v) is 6.17. The van der Waals surface area contributed by atoms with Gasteiger partial charge < -0.3 is 4.90 Å². The first-order valence-corrected chi connectivity index (χ1v) is 8.23. The first kappa shape index (κ1) is 18.0. The Balaban J connectivity index is 1.93. The molecule has 0 spiro atoms. The molecule has 0 saturated heterocycles. The van der Waals surface area contributed by atoms with Crippen molar-refractivity contribution in [2.75, 3.05) is 7.05 Å². The summed E-state index contributed by atoms with van der Waals surface area (Å²) >= 11 is 0. The topological polar surface area (TPSA) is 68.3 Å². The van der Waals surface area contributed by atoms with E-state index in [0.29, 0.717) is 12.2 Å². The molecule has 7 nitrogen and oxygen atoms in total. The van der Waals surface area contributed by atoms with Crippen molar-refractivity contribution < 1.29 is 13.6 Å². The van der Waals surface area contributed by atoms with E-state index in [1.54, 1.807) is 18.7 Å². The predicted molar refractivity (Wildman–Crippen MR) is 91.1 cm³/mol. The number of nitrogens with zero attached hydrogens (tertiary/aromatic N) is 6. The molecule has 0 aliphatic heterocycles. The van der Waals surface area contributed by atoms with E-state index < -0.39 is 6.43 Å². The number of amides is 1. The van der Waals surface area contributed by atoms with Crippen LogP contribution in [0.3, 0.4) is 0 Å². The van der Waals surface area contributed by atoms with Crippen LogP contribution in [0.15, 0.2) is 18.5 Å². The lowest BCUT2D eigenvalue weighted by Crippen LogP contribution is -2.26. The largest absolute Gasteiger partial charge is 0.337 e. The fraction of sp³-hybridized carbons (Fsp3) is 0.412. The SMILES string of the molecule is CCn1cc(CN(C)C(=O)c2cnn3c(C(F)F)cc(C)nc23)c(C)n1. The van der Waals surface area contributed by atoms with Crippen molar-refractivity contribution >= 4 is 11.6 Å². The fourth-order valence-corrected chi connectivity index (χ4v) is 2.83. The molecule has 0 atom stereocenters. The maximum absolute atomic E-state index is 13.2. The average molecular weight is 362 g/mol. The minimum atomic E-state index is -2.71. The summed E-state index contributed by atoms with van der Waals surface area (Å²) in [5, 5.41) is 8.30. The molecule has 0 fully saturated rings. The number of alkyl halides is 2. The van der Waals surface area contributed by atoms with Crippen LogP contribution in [0, 0.1) is 13.8 Å². The van der Waals surface area contributed by atoms with E-state index in [4.69, 9.17) is 0 Å². The molecular formula is C17H20F2N6O. The van der Waals surface area contributed by atoms with Crippen molar-refractivity contribution in [2.24, 2.45) is 0 Å². The Labute approximate surface area is 149 Å². The molecule has 138 valence electrons. The van der Waals surface area contributed by atoms with Crippen molar-refractivity contribution in [1.82, 2.24) is 29.3 Å². The summed E-state index contributed by atoms with van der Waals surface area (Å²) in [6.45, 7) is 6.58. The summed E-state index contributed by atoms with van der Waals surface area (Å²) < 4.78 is 29.3. The molecule has 3 aromatic rings. The molecule has 0 saturated carbocycles. The quantitative estimate of drug-likeness (QED) is 0.700. The van der Waals surface area contributed by atoms with Gasteiger partial charge in [0.25, 0.3) is 12.3 Å². The predicted octanol–water partition coefficient (Wildman–Crippen LogP) is 2.77. The summed E-state index contributed by atoms with van der Waals surface area (Å²) in [6, 6.07) is 1.27. The third kappa shape index (κ3) is 3.16. The van der Waals surface area contributed by atoms with Crippen molar-refractivity contribution in [3.05, 3.63) is 46.7 Å². The zero-order chi connectivity index (χ0) is 19.0. The molecule has 0 unspecified atom stereocenters. The van der Waals surface area contributed by atoms with Gasteiger partial charge in [-0.05, 0) is 26.8 Å². The Bertz CT molecular complexity index is 962. The average Bonchev–Trinajstić information content (AvgIpc) is 3.16. The zero-order valence-electron chi connectivity index (χ0n) is 15.1. The van der Waals surface area contributed by atoms with Crippen LogP contribution in [0.5, 0.6) is 0 Å². The van der Waals surface area contributed by atoms with E-state index in [9.17, 15) is 13.6 Å². The van der Waals surface area contributed by atoms with E-state index in [1.165, 1.54) is 17.2 Å². The fourth-order valence-electron chi connectivity index (χ4n) is 2.83. The van der Waals surface area contributed by atoms with Crippen molar-refractivity contribution in [3.8, 4) is 0 Å². The molecule has 26 heavy (non-hydrogen) atoms. The zero-order valence-corrected chi connectivity index (χ0v) is 15.1. The first-order chi connectivity index (χ1) is 12.3. The van der Waals surface area contributed by atoms with Crippen LogP contribution in [0.1, 0.15) is 46.4 Å². The van der Waals surface area contributed by atoms with Gasteiger partial charge in [0.2, 0.25) is 0 Å². The summed E-state index contributed by atoms with van der Waals surface area (Å²) in [5.74, 6) is -0.332. The molecule has 0 aliphatic carbocycles. The molecule has 3 heterocycles. The minimum Gasteiger partial charge on any atom is -0.337 e. The Morgan fingerprint density at radius 2 is 2.08 bits per heavy atom. The normalized spacial score (nSPS) is 11.5. The summed E-state index contributed by atoms with van der Waals surface area (Å²) in [5.41, 5.74) is 2.23.